The van der Waals surface area contributed by atoms with Crippen LogP contribution in [0.3, 0.4) is 0 Å². The molecule has 4 rings (SSSR count). The largest absolute Gasteiger partial charge is 2.00 e. The average Bonchev–Trinajstić information content (AvgIpc) is 2.79. The van der Waals surface area contributed by atoms with Crippen molar-refractivity contribution in [3.05, 3.63) is 105 Å². The molecule has 0 fully saturated rings. The van der Waals surface area contributed by atoms with E-state index in [0.29, 0.717) is 22.5 Å². The van der Waals surface area contributed by atoms with Gasteiger partial charge in [-0.25, -0.2) is 0 Å². The molecule has 32 heavy (non-hydrogen) atoms. The van der Waals surface area contributed by atoms with Crippen LogP contribution in [0.25, 0.3) is 22.5 Å². The Labute approximate surface area is 196 Å². The van der Waals surface area contributed by atoms with E-state index in [1.165, 1.54) is 36.4 Å². The summed E-state index contributed by atoms with van der Waals surface area (Å²) in [6.07, 6.45) is 0. The fraction of sp³-hybridized carbons (Fsp3) is 0. The van der Waals surface area contributed by atoms with E-state index in [-0.39, 0.29) is 44.2 Å². The van der Waals surface area contributed by atoms with Gasteiger partial charge in [-0.1, -0.05) is 48.5 Å². The summed E-state index contributed by atoms with van der Waals surface area (Å²) in [4.78, 5) is 29.8. The normalized spacial score (nSPS) is 10.1. The van der Waals surface area contributed by atoms with Gasteiger partial charge in [0.05, 0.1) is 0 Å². The van der Waals surface area contributed by atoms with Gasteiger partial charge in [0.1, 0.15) is 0 Å². The first-order valence-corrected chi connectivity index (χ1v) is 8.94. The first-order chi connectivity index (χ1) is 15.0. The first kappa shape index (κ1) is 22.7. The first-order valence-electron chi connectivity index (χ1n) is 8.94. The van der Waals surface area contributed by atoms with Crippen molar-refractivity contribution in [1.29, 1.82) is 0 Å². The minimum atomic E-state index is -0.488. The Kier molecular flexibility index (Phi) is 7.02. The minimum Gasteiger partial charge on any atom is -0.422 e. The van der Waals surface area contributed by atoms with Gasteiger partial charge in [0.25, 0.3) is 0 Å². The molecule has 0 aliphatic heterocycles. The number of nitro benzene ring substituents is 2. The number of hydrogen-bond acceptors (Lipinski definition) is 7. The van der Waals surface area contributed by atoms with Crippen molar-refractivity contribution >= 4 is 11.4 Å². The van der Waals surface area contributed by atoms with Crippen LogP contribution in [0, 0.1) is 32.4 Å². The predicted molar refractivity (Wildman–Crippen MR) is 110 cm³/mol. The smallest absolute Gasteiger partial charge is 0.422 e. The molecule has 0 aliphatic rings. The van der Waals surface area contributed by atoms with Crippen molar-refractivity contribution in [2.75, 3.05) is 0 Å². The second-order valence-electron chi connectivity index (χ2n) is 6.26. The van der Waals surface area contributed by atoms with Crippen molar-refractivity contribution in [3.63, 3.8) is 0 Å². The van der Waals surface area contributed by atoms with Gasteiger partial charge >= 0.3 is 21.1 Å². The zero-order valence-electron chi connectivity index (χ0n) is 16.1. The number of rotatable bonds is 6. The monoisotopic (exact) mass is 607 g/mol. The Bertz CT molecular complexity index is 1200. The molecule has 0 radical (unpaired) electrons. The maximum atomic E-state index is 11.0. The van der Waals surface area contributed by atoms with Crippen molar-refractivity contribution < 1.29 is 35.6 Å². The molecule has 0 unspecified atom stereocenters. The quantitative estimate of drug-likeness (QED) is 0.172. The van der Waals surface area contributed by atoms with E-state index in [0.717, 1.165) is 0 Å². The van der Waals surface area contributed by atoms with E-state index in [1.54, 1.807) is 36.4 Å². The molecule has 0 amide bonds. The molecule has 4 aromatic rings. The molecular formula is C22H12N4O5Pt. The summed E-state index contributed by atoms with van der Waals surface area (Å²) in [5, 5.41) is 22.0. The number of aromatic nitrogens is 2. The summed E-state index contributed by atoms with van der Waals surface area (Å²) in [5.41, 5.74) is 1.67. The average molecular weight is 607 g/mol. The number of hydrogen-bond donors (Lipinski definition) is 0. The third-order valence-corrected chi connectivity index (χ3v) is 4.20. The van der Waals surface area contributed by atoms with E-state index < -0.39 is 9.85 Å². The summed E-state index contributed by atoms with van der Waals surface area (Å²) >= 11 is 0. The predicted octanol–water partition coefficient (Wildman–Crippen LogP) is 5.02. The molecule has 0 bridgehead atoms. The van der Waals surface area contributed by atoms with Crippen LogP contribution in [0.15, 0.2) is 72.8 Å². The molecule has 0 saturated heterocycles. The number of nitrogens with zero attached hydrogens (tertiary/aromatic N) is 4. The Hall–Kier alpha value is -3.97. The second kappa shape index (κ2) is 9.89. The van der Waals surface area contributed by atoms with Crippen LogP contribution in [0.5, 0.6) is 11.8 Å². The molecule has 0 aliphatic carbocycles. The molecule has 2 heterocycles. The minimum absolute atomic E-state index is 0. The maximum Gasteiger partial charge on any atom is 2.00 e. The van der Waals surface area contributed by atoms with Gasteiger partial charge in [0, 0.05) is 9.85 Å². The Morgan fingerprint density at radius 3 is 1.56 bits per heavy atom. The van der Waals surface area contributed by atoms with Crippen molar-refractivity contribution in [3.8, 4) is 34.3 Å². The number of ether oxygens (including phenoxy) is 1. The molecule has 0 spiro atoms. The fourth-order valence-corrected chi connectivity index (χ4v) is 2.78. The van der Waals surface area contributed by atoms with E-state index in [1.807, 2.05) is 0 Å². The molecule has 9 nitrogen and oxygen atoms in total. The van der Waals surface area contributed by atoms with Crippen molar-refractivity contribution in [2.45, 2.75) is 0 Å². The second-order valence-corrected chi connectivity index (χ2v) is 6.26. The third kappa shape index (κ3) is 5.19. The number of nitro groups is 2. The molecule has 10 heteroatoms. The topological polar surface area (TPSA) is 121 Å². The Balaban J connectivity index is 0.00000289. The number of non-ortho nitro benzene ring substituents is 2. The van der Waals surface area contributed by atoms with E-state index in [4.69, 9.17) is 4.74 Å². The zero-order chi connectivity index (χ0) is 21.8. The van der Waals surface area contributed by atoms with Crippen LogP contribution in [-0.2, 0) is 21.1 Å². The number of benzene rings is 2. The fourth-order valence-electron chi connectivity index (χ4n) is 2.78. The molecule has 0 N–H and O–H groups in total. The molecular weight excluding hydrogens is 595 g/mol. The van der Waals surface area contributed by atoms with Gasteiger partial charge in [0.2, 0.25) is 11.8 Å². The summed E-state index contributed by atoms with van der Waals surface area (Å²) in [7, 11) is 0. The van der Waals surface area contributed by atoms with E-state index in [9.17, 15) is 20.2 Å². The van der Waals surface area contributed by atoms with Gasteiger partial charge in [-0.15, -0.1) is 35.4 Å². The third-order valence-electron chi connectivity index (χ3n) is 4.20. The molecule has 2 aromatic carbocycles. The standard InChI is InChI=1S/C22H12N4O5.Pt/c27-25(28)17-7-1-5-15(13-17)19-9-3-11-21(23-19)31-22-12-4-10-20(24-22)16-6-2-8-18(14-16)26(29)30;/h1-4,7-14H;/q-2;+2. The Morgan fingerprint density at radius 1 is 0.719 bits per heavy atom. The molecule has 160 valence electrons. The number of pyridine rings is 2. The summed E-state index contributed by atoms with van der Waals surface area (Å²) in [5.74, 6) is 0.454. The van der Waals surface area contributed by atoms with Crippen LogP contribution >= 0.6 is 0 Å². The summed E-state index contributed by atoms with van der Waals surface area (Å²) in [6.45, 7) is 0. The van der Waals surface area contributed by atoms with Crippen molar-refractivity contribution in [1.82, 2.24) is 9.97 Å². The zero-order valence-corrected chi connectivity index (χ0v) is 18.3. The molecule has 0 saturated carbocycles. The molecule has 0 atom stereocenters. The summed E-state index contributed by atoms with van der Waals surface area (Å²) in [6, 6.07) is 24.2. The van der Waals surface area contributed by atoms with Crippen LogP contribution < -0.4 is 4.74 Å². The molecule has 2 aromatic heterocycles. The van der Waals surface area contributed by atoms with Gasteiger partial charge in [-0.3, -0.25) is 30.2 Å². The maximum absolute atomic E-state index is 11.0. The SMILES string of the molecule is O=[N+]([O-])c1cc[c-]c(-c2cccc(Oc3cccc(-c4[c-]ccc([N+](=O)[O-])c4)n3)n2)c1.[Pt+2]. The van der Waals surface area contributed by atoms with E-state index in [2.05, 4.69) is 22.1 Å². The van der Waals surface area contributed by atoms with Crippen LogP contribution in [-0.4, -0.2) is 19.8 Å². The van der Waals surface area contributed by atoms with Gasteiger partial charge in [-0.05, 0) is 23.5 Å². The Morgan fingerprint density at radius 2 is 1.16 bits per heavy atom. The van der Waals surface area contributed by atoms with E-state index >= 15 is 0 Å². The van der Waals surface area contributed by atoms with Gasteiger partial charge < -0.3 is 4.74 Å². The van der Waals surface area contributed by atoms with Crippen LogP contribution in [0.2, 0.25) is 0 Å². The summed E-state index contributed by atoms with van der Waals surface area (Å²) < 4.78 is 5.74. The van der Waals surface area contributed by atoms with Crippen LogP contribution in [0.1, 0.15) is 0 Å². The van der Waals surface area contributed by atoms with Crippen LogP contribution in [0.4, 0.5) is 11.4 Å². The van der Waals surface area contributed by atoms with Crippen molar-refractivity contribution in [2.24, 2.45) is 0 Å². The van der Waals surface area contributed by atoms with Gasteiger partial charge in [0.15, 0.2) is 11.4 Å². The van der Waals surface area contributed by atoms with Gasteiger partial charge in [-0.2, -0.15) is 0 Å².